The Morgan fingerprint density at radius 1 is 1.19 bits per heavy atom. The number of tetrazole rings is 1. The molecule has 2 unspecified atom stereocenters. The highest BCUT2D eigenvalue weighted by Crippen LogP contribution is 2.35. The van der Waals surface area contributed by atoms with Gasteiger partial charge in [-0.25, -0.2) is 4.99 Å². The van der Waals surface area contributed by atoms with Gasteiger partial charge >= 0.3 is 0 Å². The molecule has 0 bridgehead atoms. The SMILES string of the molecule is OC[C@H]1O[C@@H](N2C=NC3c4nnnn4C=NC32)[C@H](O)[C@@H]1O. The van der Waals surface area contributed by atoms with Gasteiger partial charge in [0.05, 0.1) is 12.9 Å². The topological polar surface area (TPSA) is 141 Å². The molecule has 4 heterocycles. The summed E-state index contributed by atoms with van der Waals surface area (Å²) in [6.07, 6.45) is -1.49. The number of aromatic nitrogens is 4. The van der Waals surface area contributed by atoms with E-state index in [-0.39, 0.29) is 6.61 Å². The Morgan fingerprint density at radius 2 is 2.05 bits per heavy atom. The van der Waals surface area contributed by atoms with Crippen molar-refractivity contribution in [2.24, 2.45) is 9.98 Å². The van der Waals surface area contributed by atoms with E-state index in [0.29, 0.717) is 5.82 Å². The Labute approximate surface area is 118 Å². The molecule has 3 aliphatic rings. The fourth-order valence-corrected chi connectivity index (χ4v) is 2.77. The fraction of sp³-hybridized carbons (Fsp3) is 0.700. The van der Waals surface area contributed by atoms with E-state index in [1.165, 1.54) is 17.4 Å². The largest absolute Gasteiger partial charge is 0.394 e. The Morgan fingerprint density at radius 3 is 2.81 bits per heavy atom. The maximum atomic E-state index is 10.1. The summed E-state index contributed by atoms with van der Waals surface area (Å²) < 4.78 is 6.92. The minimum Gasteiger partial charge on any atom is -0.394 e. The van der Waals surface area contributed by atoms with E-state index >= 15 is 0 Å². The summed E-state index contributed by atoms with van der Waals surface area (Å²) in [6.45, 7) is -0.380. The fourth-order valence-electron chi connectivity index (χ4n) is 2.77. The van der Waals surface area contributed by atoms with E-state index in [1.807, 2.05) is 0 Å². The van der Waals surface area contributed by atoms with Gasteiger partial charge in [0.25, 0.3) is 0 Å². The minimum atomic E-state index is -1.17. The Kier molecular flexibility index (Phi) is 2.75. The van der Waals surface area contributed by atoms with Crippen LogP contribution in [0.1, 0.15) is 11.9 Å². The number of aliphatic imine (C=N–C) groups is 2. The predicted molar refractivity (Wildman–Crippen MR) is 66.3 cm³/mol. The first-order valence-electron chi connectivity index (χ1n) is 6.45. The summed E-state index contributed by atoms with van der Waals surface area (Å²) in [5.41, 5.74) is 0. The molecule has 0 aromatic carbocycles. The first-order chi connectivity index (χ1) is 10.2. The maximum absolute atomic E-state index is 10.1. The van der Waals surface area contributed by atoms with Crippen LogP contribution < -0.4 is 0 Å². The van der Waals surface area contributed by atoms with Crippen LogP contribution in [0.2, 0.25) is 0 Å². The van der Waals surface area contributed by atoms with Gasteiger partial charge in [-0.2, -0.15) is 4.68 Å². The van der Waals surface area contributed by atoms with Crippen molar-refractivity contribution in [3.05, 3.63) is 5.82 Å². The molecule has 0 radical (unpaired) electrons. The van der Waals surface area contributed by atoms with Crippen molar-refractivity contribution in [1.82, 2.24) is 25.1 Å². The van der Waals surface area contributed by atoms with Crippen LogP contribution >= 0.6 is 0 Å². The average Bonchev–Trinajstić information content (AvgIpc) is 3.17. The Hall–Kier alpha value is -1.95. The molecule has 4 rings (SSSR count). The zero-order valence-electron chi connectivity index (χ0n) is 10.7. The number of nitrogens with zero attached hydrogens (tertiary/aromatic N) is 7. The third-order valence-electron chi connectivity index (χ3n) is 3.87. The highest BCUT2D eigenvalue weighted by Gasteiger charge is 2.50. The highest BCUT2D eigenvalue weighted by molar-refractivity contribution is 5.65. The number of fused-ring (bicyclic) bond motifs is 3. The average molecular weight is 295 g/mol. The highest BCUT2D eigenvalue weighted by atomic mass is 16.6. The van der Waals surface area contributed by atoms with Crippen molar-refractivity contribution in [3.63, 3.8) is 0 Å². The van der Waals surface area contributed by atoms with Crippen molar-refractivity contribution in [3.8, 4) is 0 Å². The molecule has 112 valence electrons. The molecule has 0 saturated carbocycles. The molecular weight excluding hydrogens is 282 g/mol. The van der Waals surface area contributed by atoms with Crippen LogP contribution in [-0.4, -0.2) is 90.4 Å². The summed E-state index contributed by atoms with van der Waals surface area (Å²) in [4.78, 5) is 10.2. The second kappa shape index (κ2) is 4.53. The molecule has 3 N–H and O–H groups in total. The van der Waals surface area contributed by atoms with Crippen molar-refractivity contribution in [1.29, 1.82) is 0 Å². The normalized spacial score (nSPS) is 40.6. The minimum absolute atomic E-state index is 0.380. The van der Waals surface area contributed by atoms with E-state index in [1.54, 1.807) is 4.90 Å². The van der Waals surface area contributed by atoms with Gasteiger partial charge in [-0.05, 0) is 10.4 Å². The summed E-state index contributed by atoms with van der Waals surface area (Å²) >= 11 is 0. The lowest BCUT2D eigenvalue weighted by atomic mass is 10.1. The van der Waals surface area contributed by atoms with Gasteiger partial charge in [-0.3, -0.25) is 4.99 Å². The lowest BCUT2D eigenvalue weighted by Gasteiger charge is -2.31. The molecule has 11 heteroatoms. The van der Waals surface area contributed by atoms with Gasteiger partial charge in [0.1, 0.15) is 24.7 Å². The van der Waals surface area contributed by atoms with Crippen molar-refractivity contribution in [2.45, 2.75) is 36.7 Å². The van der Waals surface area contributed by atoms with Gasteiger partial charge < -0.3 is 25.0 Å². The van der Waals surface area contributed by atoms with Crippen LogP contribution in [0.3, 0.4) is 0 Å². The summed E-state index contributed by atoms with van der Waals surface area (Å²) in [6, 6.07) is -0.397. The molecule has 0 amide bonds. The van der Waals surface area contributed by atoms with Crippen molar-refractivity contribution in [2.75, 3.05) is 6.61 Å². The predicted octanol–water partition coefficient (Wildman–Crippen LogP) is -3.29. The van der Waals surface area contributed by atoms with Crippen LogP contribution in [0.15, 0.2) is 9.98 Å². The number of hydrogen-bond donors (Lipinski definition) is 3. The molecule has 3 aliphatic heterocycles. The monoisotopic (exact) mass is 295 g/mol. The van der Waals surface area contributed by atoms with Gasteiger partial charge in [0.2, 0.25) is 0 Å². The number of hydrogen-bond acceptors (Lipinski definition) is 10. The molecular formula is C10H13N7O4. The van der Waals surface area contributed by atoms with Gasteiger partial charge in [0, 0.05) is 0 Å². The van der Waals surface area contributed by atoms with E-state index in [0.717, 1.165) is 0 Å². The first kappa shape index (κ1) is 12.8. The molecule has 1 saturated heterocycles. The lowest BCUT2D eigenvalue weighted by molar-refractivity contribution is -0.0796. The second-order valence-electron chi connectivity index (χ2n) is 5.05. The van der Waals surface area contributed by atoms with Gasteiger partial charge in [-0.1, -0.05) is 0 Å². The molecule has 1 aromatic heterocycles. The van der Waals surface area contributed by atoms with Crippen LogP contribution in [0.4, 0.5) is 0 Å². The molecule has 6 atom stereocenters. The Bertz CT molecular complexity index is 604. The molecule has 1 fully saturated rings. The second-order valence-corrected chi connectivity index (χ2v) is 5.05. The van der Waals surface area contributed by atoms with Crippen LogP contribution in [0, 0.1) is 0 Å². The quantitative estimate of drug-likeness (QED) is 0.515. The van der Waals surface area contributed by atoms with Crippen molar-refractivity contribution >= 4 is 12.7 Å². The van der Waals surface area contributed by atoms with E-state index in [2.05, 4.69) is 25.5 Å². The van der Waals surface area contributed by atoms with Crippen LogP contribution in [0.25, 0.3) is 0 Å². The third-order valence-corrected chi connectivity index (χ3v) is 3.87. The van der Waals surface area contributed by atoms with E-state index in [9.17, 15) is 10.2 Å². The van der Waals surface area contributed by atoms with E-state index < -0.39 is 36.7 Å². The molecule has 1 aromatic rings. The van der Waals surface area contributed by atoms with Crippen molar-refractivity contribution < 1.29 is 20.1 Å². The van der Waals surface area contributed by atoms with Gasteiger partial charge in [-0.15, -0.1) is 5.10 Å². The summed E-state index contributed by atoms with van der Waals surface area (Å²) in [5.74, 6) is 0.542. The number of aliphatic hydroxyl groups excluding tert-OH is 3. The number of ether oxygens (including phenoxy) is 1. The molecule has 11 nitrogen and oxygen atoms in total. The van der Waals surface area contributed by atoms with Gasteiger partial charge in [0.15, 0.2) is 24.3 Å². The summed E-state index contributed by atoms with van der Waals surface area (Å²) in [5, 5.41) is 40.3. The molecule has 0 aliphatic carbocycles. The molecule has 0 spiro atoms. The number of rotatable bonds is 2. The van der Waals surface area contributed by atoms with Crippen LogP contribution in [0.5, 0.6) is 0 Å². The summed E-state index contributed by atoms with van der Waals surface area (Å²) in [7, 11) is 0. The smallest absolute Gasteiger partial charge is 0.186 e. The van der Waals surface area contributed by atoms with Crippen LogP contribution in [-0.2, 0) is 4.74 Å². The zero-order chi connectivity index (χ0) is 14.6. The Balaban J connectivity index is 1.60. The first-order valence-corrected chi connectivity index (χ1v) is 6.45. The van der Waals surface area contributed by atoms with E-state index in [4.69, 9.17) is 9.84 Å². The standard InChI is InChI=1S/C10H13N7O4/c18-1-4-6(19)7(20)10(21-4)16-2-11-5-8(16)12-3-17-9(5)13-14-15-17/h2-8,10,18-20H,1H2/t4-,5?,6-,7-,8?,10-/m1/s1. The number of aliphatic hydroxyl groups is 3. The third kappa shape index (κ3) is 1.72. The zero-order valence-corrected chi connectivity index (χ0v) is 10.7. The maximum Gasteiger partial charge on any atom is 0.186 e. The molecule has 21 heavy (non-hydrogen) atoms. The lowest BCUT2D eigenvalue weighted by Crippen LogP contribution is -2.48.